The first-order valence-corrected chi connectivity index (χ1v) is 6.15. The van der Waals surface area contributed by atoms with Crippen molar-refractivity contribution < 1.29 is 9.47 Å². The SMILES string of the molecule is COc1ccc(C2CNC(C)C(C)O2)cc1C. The average molecular weight is 235 g/mol. The van der Waals surface area contributed by atoms with Crippen LogP contribution in [-0.2, 0) is 4.74 Å². The maximum atomic E-state index is 6.01. The van der Waals surface area contributed by atoms with E-state index in [1.165, 1.54) is 5.56 Å². The van der Waals surface area contributed by atoms with Crippen LogP contribution < -0.4 is 10.1 Å². The minimum absolute atomic E-state index is 0.144. The standard InChI is InChI=1S/C14H21NO2/c1-9-7-12(5-6-13(9)16-4)14-8-15-10(2)11(3)17-14/h5-7,10-11,14-15H,8H2,1-4H3. The van der Waals surface area contributed by atoms with E-state index in [2.05, 4.69) is 38.2 Å². The number of rotatable bonds is 2. The molecule has 17 heavy (non-hydrogen) atoms. The van der Waals surface area contributed by atoms with E-state index < -0.39 is 0 Å². The van der Waals surface area contributed by atoms with Gasteiger partial charge in [0, 0.05) is 12.6 Å². The monoisotopic (exact) mass is 235 g/mol. The van der Waals surface area contributed by atoms with Crippen LogP contribution in [0.1, 0.15) is 31.1 Å². The van der Waals surface area contributed by atoms with Gasteiger partial charge >= 0.3 is 0 Å². The number of aryl methyl sites for hydroxylation is 1. The molecule has 3 nitrogen and oxygen atoms in total. The van der Waals surface area contributed by atoms with Gasteiger partial charge in [-0.25, -0.2) is 0 Å². The zero-order valence-corrected chi connectivity index (χ0v) is 11.0. The molecule has 1 aliphatic heterocycles. The van der Waals surface area contributed by atoms with Crippen molar-refractivity contribution in [3.63, 3.8) is 0 Å². The summed E-state index contributed by atoms with van der Waals surface area (Å²) >= 11 is 0. The summed E-state index contributed by atoms with van der Waals surface area (Å²) in [5.41, 5.74) is 2.37. The van der Waals surface area contributed by atoms with E-state index in [9.17, 15) is 0 Å². The maximum absolute atomic E-state index is 6.01. The van der Waals surface area contributed by atoms with Gasteiger partial charge in [0.25, 0.3) is 0 Å². The Balaban J connectivity index is 2.15. The molecule has 1 aliphatic rings. The summed E-state index contributed by atoms with van der Waals surface area (Å²) in [5.74, 6) is 0.930. The van der Waals surface area contributed by atoms with E-state index in [0.717, 1.165) is 17.9 Å². The molecule has 3 atom stereocenters. The summed E-state index contributed by atoms with van der Waals surface area (Å²) < 4.78 is 11.3. The van der Waals surface area contributed by atoms with Gasteiger partial charge in [-0.15, -0.1) is 0 Å². The second-order valence-corrected chi connectivity index (χ2v) is 4.76. The molecule has 94 valence electrons. The van der Waals surface area contributed by atoms with Crippen LogP contribution in [-0.4, -0.2) is 25.8 Å². The summed E-state index contributed by atoms with van der Waals surface area (Å²) in [7, 11) is 1.70. The Morgan fingerprint density at radius 3 is 2.71 bits per heavy atom. The predicted molar refractivity (Wildman–Crippen MR) is 68.5 cm³/mol. The Labute approximate surface area is 103 Å². The first kappa shape index (κ1) is 12.4. The molecule has 0 radical (unpaired) electrons. The molecule has 1 aromatic carbocycles. The first-order valence-electron chi connectivity index (χ1n) is 6.15. The second-order valence-electron chi connectivity index (χ2n) is 4.76. The Bertz CT molecular complexity index is 392. The highest BCUT2D eigenvalue weighted by Gasteiger charge is 2.25. The molecule has 1 N–H and O–H groups in total. The molecule has 3 unspecified atom stereocenters. The average Bonchev–Trinajstić information content (AvgIpc) is 2.32. The van der Waals surface area contributed by atoms with E-state index in [0.29, 0.717) is 6.04 Å². The van der Waals surface area contributed by atoms with Crippen LogP contribution in [0.5, 0.6) is 5.75 Å². The van der Waals surface area contributed by atoms with Crippen molar-refractivity contribution in [1.29, 1.82) is 0 Å². The third kappa shape index (κ3) is 2.61. The normalized spacial score (nSPS) is 29.1. The number of nitrogens with one attached hydrogen (secondary N) is 1. The zero-order chi connectivity index (χ0) is 12.4. The Kier molecular flexibility index (Phi) is 3.69. The van der Waals surface area contributed by atoms with Crippen LogP contribution in [0.15, 0.2) is 18.2 Å². The molecule has 1 fully saturated rings. The Morgan fingerprint density at radius 1 is 1.35 bits per heavy atom. The lowest BCUT2D eigenvalue weighted by atomic mass is 10.0. The quantitative estimate of drug-likeness (QED) is 0.854. The minimum Gasteiger partial charge on any atom is -0.496 e. The van der Waals surface area contributed by atoms with Gasteiger partial charge in [-0.2, -0.15) is 0 Å². The van der Waals surface area contributed by atoms with Crippen LogP contribution in [0, 0.1) is 6.92 Å². The highest BCUT2D eigenvalue weighted by molar-refractivity contribution is 5.37. The summed E-state index contributed by atoms with van der Waals surface area (Å²) in [5, 5.41) is 3.47. The molecule has 1 heterocycles. The van der Waals surface area contributed by atoms with Crippen molar-refractivity contribution >= 4 is 0 Å². The number of hydrogen-bond acceptors (Lipinski definition) is 3. The predicted octanol–water partition coefficient (Wildman–Crippen LogP) is 2.44. The lowest BCUT2D eigenvalue weighted by molar-refractivity contribution is -0.0509. The van der Waals surface area contributed by atoms with E-state index in [-0.39, 0.29) is 12.2 Å². The Morgan fingerprint density at radius 2 is 2.12 bits per heavy atom. The van der Waals surface area contributed by atoms with E-state index in [4.69, 9.17) is 9.47 Å². The van der Waals surface area contributed by atoms with Crippen molar-refractivity contribution in [3.05, 3.63) is 29.3 Å². The number of methoxy groups -OCH3 is 1. The summed E-state index contributed by atoms with van der Waals surface area (Å²) in [4.78, 5) is 0. The van der Waals surface area contributed by atoms with Crippen molar-refractivity contribution in [2.45, 2.75) is 39.0 Å². The third-order valence-corrected chi connectivity index (χ3v) is 3.50. The topological polar surface area (TPSA) is 30.5 Å². The van der Waals surface area contributed by atoms with Crippen LogP contribution >= 0.6 is 0 Å². The fourth-order valence-electron chi connectivity index (χ4n) is 2.18. The Hall–Kier alpha value is -1.06. The van der Waals surface area contributed by atoms with E-state index >= 15 is 0 Å². The van der Waals surface area contributed by atoms with Gasteiger partial charge in [-0.05, 0) is 44.0 Å². The largest absolute Gasteiger partial charge is 0.496 e. The highest BCUT2D eigenvalue weighted by Crippen LogP contribution is 2.27. The lowest BCUT2D eigenvalue weighted by Crippen LogP contribution is -2.46. The van der Waals surface area contributed by atoms with Gasteiger partial charge < -0.3 is 14.8 Å². The molecular weight excluding hydrogens is 214 g/mol. The number of morpholine rings is 1. The molecule has 0 amide bonds. The summed E-state index contributed by atoms with van der Waals surface area (Å²) in [6, 6.07) is 6.66. The van der Waals surface area contributed by atoms with Gasteiger partial charge in [0.2, 0.25) is 0 Å². The van der Waals surface area contributed by atoms with E-state index in [1.807, 2.05) is 6.07 Å². The third-order valence-electron chi connectivity index (χ3n) is 3.50. The van der Waals surface area contributed by atoms with Gasteiger partial charge in [0.05, 0.1) is 19.3 Å². The summed E-state index contributed by atoms with van der Waals surface area (Å²) in [6.45, 7) is 7.20. The molecule has 0 saturated carbocycles. The van der Waals surface area contributed by atoms with Gasteiger partial charge in [0.1, 0.15) is 5.75 Å². The van der Waals surface area contributed by atoms with Gasteiger partial charge in [-0.1, -0.05) is 6.07 Å². The number of benzene rings is 1. The molecule has 1 aromatic rings. The lowest BCUT2D eigenvalue weighted by Gasteiger charge is -2.34. The van der Waals surface area contributed by atoms with Crippen molar-refractivity contribution in [3.8, 4) is 5.75 Å². The molecule has 0 spiro atoms. The molecule has 0 aliphatic carbocycles. The number of ether oxygens (including phenoxy) is 2. The van der Waals surface area contributed by atoms with Crippen LogP contribution in [0.2, 0.25) is 0 Å². The molecule has 1 saturated heterocycles. The number of hydrogen-bond donors (Lipinski definition) is 1. The van der Waals surface area contributed by atoms with Crippen molar-refractivity contribution in [1.82, 2.24) is 5.32 Å². The summed E-state index contributed by atoms with van der Waals surface area (Å²) in [6.07, 6.45) is 0.391. The van der Waals surface area contributed by atoms with E-state index in [1.54, 1.807) is 7.11 Å². The van der Waals surface area contributed by atoms with Crippen molar-refractivity contribution in [2.75, 3.05) is 13.7 Å². The van der Waals surface area contributed by atoms with Crippen LogP contribution in [0.3, 0.4) is 0 Å². The maximum Gasteiger partial charge on any atom is 0.121 e. The van der Waals surface area contributed by atoms with Crippen LogP contribution in [0.4, 0.5) is 0 Å². The van der Waals surface area contributed by atoms with Crippen LogP contribution in [0.25, 0.3) is 0 Å². The fraction of sp³-hybridized carbons (Fsp3) is 0.571. The van der Waals surface area contributed by atoms with Gasteiger partial charge in [-0.3, -0.25) is 0 Å². The first-order chi connectivity index (χ1) is 8.11. The smallest absolute Gasteiger partial charge is 0.121 e. The molecule has 0 bridgehead atoms. The molecular formula is C14H21NO2. The fourth-order valence-corrected chi connectivity index (χ4v) is 2.18. The van der Waals surface area contributed by atoms with Crippen molar-refractivity contribution in [2.24, 2.45) is 0 Å². The highest BCUT2D eigenvalue weighted by atomic mass is 16.5. The zero-order valence-electron chi connectivity index (χ0n) is 11.0. The second kappa shape index (κ2) is 5.07. The minimum atomic E-state index is 0.144. The molecule has 3 heteroatoms. The molecule has 2 rings (SSSR count). The van der Waals surface area contributed by atoms with Gasteiger partial charge in [0.15, 0.2) is 0 Å². The molecule has 0 aromatic heterocycles.